The molecule has 1 saturated heterocycles. The van der Waals surface area contributed by atoms with E-state index < -0.39 is 10.0 Å². The Morgan fingerprint density at radius 2 is 1.89 bits per heavy atom. The van der Waals surface area contributed by atoms with E-state index in [2.05, 4.69) is 6.92 Å². The lowest BCUT2D eigenvalue weighted by atomic mass is 10.3. The van der Waals surface area contributed by atoms with Gasteiger partial charge in [-0.25, -0.2) is 8.42 Å². The Kier molecular flexibility index (Phi) is 8.09. The Hall–Kier alpha value is -1.84. The van der Waals surface area contributed by atoms with Crippen molar-refractivity contribution < 1.29 is 27.6 Å². The molecule has 0 unspecified atom stereocenters. The molecule has 1 aliphatic rings. The Morgan fingerprint density at radius 1 is 1.21 bits per heavy atom. The number of rotatable bonds is 9. The van der Waals surface area contributed by atoms with Crippen LogP contribution in [-0.2, 0) is 14.8 Å². The van der Waals surface area contributed by atoms with Gasteiger partial charge in [0, 0.05) is 19.7 Å². The highest BCUT2D eigenvalue weighted by molar-refractivity contribution is 7.89. The summed E-state index contributed by atoms with van der Waals surface area (Å²) in [5.74, 6) is 0.863. The van der Waals surface area contributed by atoms with Crippen LogP contribution in [-0.4, -0.2) is 84.1 Å². The minimum absolute atomic E-state index is 0.105. The molecule has 0 saturated carbocycles. The van der Waals surface area contributed by atoms with Crippen LogP contribution in [0.1, 0.15) is 19.8 Å². The molecule has 1 aromatic carbocycles. The van der Waals surface area contributed by atoms with Gasteiger partial charge in [0.05, 0.1) is 40.4 Å². The van der Waals surface area contributed by atoms with Crippen LogP contribution in [0.25, 0.3) is 0 Å². The number of hydrogen-bond donors (Lipinski definition) is 1. The fraction of sp³-hybridized carbons (Fsp3) is 0.632. The average Bonchev–Trinajstić information content (AvgIpc) is 2.71. The summed E-state index contributed by atoms with van der Waals surface area (Å²) in [6.45, 7) is 5.18. The van der Waals surface area contributed by atoms with Crippen LogP contribution in [0.4, 0.5) is 0 Å². The molecule has 0 spiro atoms. The zero-order chi connectivity index (χ0) is 20.7. The molecule has 1 N–H and O–H groups in total. The highest BCUT2D eigenvalue weighted by Crippen LogP contribution is 2.30. The van der Waals surface area contributed by atoms with Crippen molar-refractivity contribution in [3.63, 3.8) is 0 Å². The molecule has 9 heteroatoms. The lowest BCUT2D eigenvalue weighted by Gasteiger charge is -2.32. The van der Waals surface area contributed by atoms with E-state index in [0.29, 0.717) is 44.2 Å². The van der Waals surface area contributed by atoms with Gasteiger partial charge in [-0.05, 0) is 18.6 Å². The van der Waals surface area contributed by atoms with E-state index >= 15 is 0 Å². The molecule has 1 aromatic rings. The zero-order valence-electron chi connectivity index (χ0n) is 17.2. The van der Waals surface area contributed by atoms with Crippen LogP contribution >= 0.6 is 0 Å². The molecular weight excluding hydrogens is 382 g/mol. The van der Waals surface area contributed by atoms with Gasteiger partial charge in [0.2, 0.25) is 10.0 Å². The molecule has 0 radical (unpaired) electrons. The van der Waals surface area contributed by atoms with E-state index in [-0.39, 0.29) is 10.8 Å². The number of benzene rings is 1. The van der Waals surface area contributed by atoms with E-state index in [1.54, 1.807) is 17.0 Å². The first-order chi connectivity index (χ1) is 13.3. The highest BCUT2D eigenvalue weighted by atomic mass is 32.2. The number of unbranched alkanes of at least 4 members (excludes halogenated alkanes) is 1. The van der Waals surface area contributed by atoms with Gasteiger partial charge < -0.3 is 19.3 Å². The Balaban J connectivity index is 2.01. The lowest BCUT2D eigenvalue weighted by Crippen LogP contribution is -3.15. The molecule has 0 aromatic heterocycles. The van der Waals surface area contributed by atoms with Gasteiger partial charge >= 0.3 is 0 Å². The number of ether oxygens (including phenoxy) is 2. The molecule has 1 heterocycles. The number of nitrogens with one attached hydrogen (secondary N) is 1. The number of methoxy groups -OCH3 is 2. The zero-order valence-corrected chi connectivity index (χ0v) is 18.0. The fourth-order valence-electron chi connectivity index (χ4n) is 3.21. The predicted molar refractivity (Wildman–Crippen MR) is 106 cm³/mol. The SMILES string of the molecule is CCCCN(C)C(=O)C[NH+]1CCN(S(=O)(=O)c2cc(OC)ccc2OC)CC1. The molecular formula is C19H32N3O5S+. The van der Waals surface area contributed by atoms with Gasteiger partial charge in [-0.3, -0.25) is 4.79 Å². The van der Waals surface area contributed by atoms with E-state index in [0.717, 1.165) is 24.3 Å². The van der Waals surface area contributed by atoms with Gasteiger partial charge in [-0.1, -0.05) is 13.3 Å². The predicted octanol–water partition coefficient (Wildman–Crippen LogP) is -0.148. The average molecular weight is 415 g/mol. The largest absolute Gasteiger partial charge is 0.497 e. The van der Waals surface area contributed by atoms with Gasteiger partial charge in [-0.2, -0.15) is 4.31 Å². The number of carbonyl (C=O) groups excluding carboxylic acids is 1. The third-order valence-electron chi connectivity index (χ3n) is 5.09. The molecule has 8 nitrogen and oxygen atoms in total. The van der Waals surface area contributed by atoms with Crippen molar-refractivity contribution in [2.75, 3.05) is 60.5 Å². The summed E-state index contributed by atoms with van der Waals surface area (Å²) in [4.78, 5) is 15.3. The van der Waals surface area contributed by atoms with E-state index in [4.69, 9.17) is 9.47 Å². The Bertz CT molecular complexity index is 761. The van der Waals surface area contributed by atoms with Gasteiger partial charge in [0.15, 0.2) is 6.54 Å². The number of likely N-dealkylation sites (N-methyl/N-ethyl adjacent to an activating group) is 1. The van der Waals surface area contributed by atoms with Crippen LogP contribution in [0.2, 0.25) is 0 Å². The molecule has 158 valence electrons. The smallest absolute Gasteiger partial charge is 0.277 e. The number of carbonyl (C=O) groups is 1. The second kappa shape index (κ2) is 10.1. The van der Waals surface area contributed by atoms with Crippen LogP contribution in [0.3, 0.4) is 0 Å². The lowest BCUT2D eigenvalue weighted by molar-refractivity contribution is -0.895. The normalized spacial score (nSPS) is 16.0. The minimum Gasteiger partial charge on any atom is -0.497 e. The van der Waals surface area contributed by atoms with Crippen LogP contribution < -0.4 is 14.4 Å². The molecule has 1 amide bonds. The summed E-state index contributed by atoms with van der Waals surface area (Å²) in [6, 6.07) is 4.75. The topological polar surface area (TPSA) is 80.6 Å². The number of piperazine rings is 1. The van der Waals surface area contributed by atoms with Gasteiger partial charge in [0.25, 0.3) is 5.91 Å². The summed E-state index contributed by atoms with van der Waals surface area (Å²) in [6.07, 6.45) is 2.04. The number of sulfonamides is 1. The van der Waals surface area contributed by atoms with Gasteiger partial charge in [-0.15, -0.1) is 0 Å². The maximum atomic E-state index is 13.1. The third-order valence-corrected chi connectivity index (χ3v) is 7.01. The molecule has 0 bridgehead atoms. The first-order valence-corrected chi connectivity index (χ1v) is 11.1. The van der Waals surface area contributed by atoms with E-state index in [1.807, 2.05) is 7.05 Å². The van der Waals surface area contributed by atoms with Crippen molar-refractivity contribution in [1.29, 1.82) is 0 Å². The van der Waals surface area contributed by atoms with Crippen molar-refractivity contribution in [3.05, 3.63) is 18.2 Å². The first kappa shape index (κ1) is 22.4. The molecule has 1 fully saturated rings. The van der Waals surface area contributed by atoms with Crippen molar-refractivity contribution in [2.24, 2.45) is 0 Å². The summed E-state index contributed by atoms with van der Waals surface area (Å²) < 4.78 is 38.1. The minimum atomic E-state index is -3.70. The standard InChI is InChI=1S/C19H31N3O5S/c1-5-6-9-20(2)19(23)15-21-10-12-22(13-11-21)28(24,25)18-14-16(26-3)7-8-17(18)27-4/h7-8,14H,5-6,9-13,15H2,1-4H3/p+1. The number of amides is 1. The Morgan fingerprint density at radius 3 is 2.46 bits per heavy atom. The quantitative estimate of drug-likeness (QED) is 0.608. The monoisotopic (exact) mass is 414 g/mol. The van der Waals surface area contributed by atoms with Crippen LogP contribution in [0.15, 0.2) is 23.1 Å². The van der Waals surface area contributed by atoms with Crippen molar-refractivity contribution in [2.45, 2.75) is 24.7 Å². The van der Waals surface area contributed by atoms with Crippen molar-refractivity contribution >= 4 is 15.9 Å². The molecule has 2 rings (SSSR count). The Labute approximate surface area is 168 Å². The second-order valence-electron chi connectivity index (χ2n) is 7.02. The summed E-state index contributed by atoms with van der Waals surface area (Å²) in [7, 11) is 1.07. The van der Waals surface area contributed by atoms with E-state index in [9.17, 15) is 13.2 Å². The molecule has 0 atom stereocenters. The summed E-state index contributed by atoms with van der Waals surface area (Å²) in [5, 5.41) is 0. The maximum absolute atomic E-state index is 13.1. The second-order valence-corrected chi connectivity index (χ2v) is 8.92. The number of hydrogen-bond acceptors (Lipinski definition) is 5. The highest BCUT2D eigenvalue weighted by Gasteiger charge is 2.33. The molecule has 0 aliphatic carbocycles. The molecule has 1 aliphatic heterocycles. The van der Waals surface area contributed by atoms with Gasteiger partial charge in [0.1, 0.15) is 16.4 Å². The first-order valence-electron chi connectivity index (χ1n) is 9.63. The summed E-state index contributed by atoms with van der Waals surface area (Å²) >= 11 is 0. The van der Waals surface area contributed by atoms with Crippen molar-refractivity contribution in [1.82, 2.24) is 9.21 Å². The number of nitrogens with zero attached hydrogens (tertiary/aromatic N) is 2. The molecule has 28 heavy (non-hydrogen) atoms. The number of quaternary nitrogens is 1. The van der Waals surface area contributed by atoms with Crippen LogP contribution in [0.5, 0.6) is 11.5 Å². The van der Waals surface area contributed by atoms with Crippen molar-refractivity contribution in [3.8, 4) is 11.5 Å². The fourth-order valence-corrected chi connectivity index (χ4v) is 4.83. The maximum Gasteiger partial charge on any atom is 0.277 e. The third kappa shape index (κ3) is 5.36. The summed E-state index contributed by atoms with van der Waals surface area (Å²) in [5.41, 5.74) is 0. The van der Waals surface area contributed by atoms with Crippen LogP contribution in [0, 0.1) is 0 Å². The van der Waals surface area contributed by atoms with E-state index in [1.165, 1.54) is 24.6 Å².